The van der Waals surface area contributed by atoms with Gasteiger partial charge >= 0.3 is 20.1 Å². The predicted molar refractivity (Wildman–Crippen MR) is 337 cm³/mol. The van der Waals surface area contributed by atoms with Gasteiger partial charge in [-0.1, -0.05) is 54.6 Å². The van der Waals surface area contributed by atoms with Gasteiger partial charge in [0.1, 0.15) is 0 Å². The molecule has 0 aliphatic rings. The third kappa shape index (κ3) is 12.0. The second kappa shape index (κ2) is 25.4. The molecule has 82 heavy (non-hydrogen) atoms. The predicted octanol–water partition coefficient (Wildman–Crippen LogP) is 18.7. The van der Waals surface area contributed by atoms with Crippen LogP contribution in [0, 0.1) is 101 Å². The molecule has 0 aliphatic carbocycles. The summed E-state index contributed by atoms with van der Waals surface area (Å²) in [5.74, 6) is 2.75. The van der Waals surface area contributed by atoms with Crippen LogP contribution in [0.25, 0.3) is 84.6 Å². The first-order chi connectivity index (χ1) is 39.2. The van der Waals surface area contributed by atoms with Gasteiger partial charge in [-0.05, 0) is 220 Å². The summed E-state index contributed by atoms with van der Waals surface area (Å²) in [6.07, 6.45) is 11.7. The number of benzene rings is 9. The maximum absolute atomic E-state index is 4.59. The van der Waals surface area contributed by atoms with E-state index < -0.39 is 0 Å². The van der Waals surface area contributed by atoms with E-state index in [1.165, 1.54) is 117 Å². The Hall–Kier alpha value is -8.74. The van der Waals surface area contributed by atoms with Crippen LogP contribution in [-0.2, 0) is 20.1 Å². The summed E-state index contributed by atoms with van der Waals surface area (Å²) >= 11 is 0. The van der Waals surface area contributed by atoms with Gasteiger partial charge < -0.3 is 13.7 Å². The molecule has 0 spiro atoms. The van der Waals surface area contributed by atoms with Gasteiger partial charge in [-0.15, -0.1) is 108 Å². The molecule has 0 radical (unpaired) electrons. The summed E-state index contributed by atoms with van der Waals surface area (Å²) in [5.41, 5.74) is 29.7. The first kappa shape index (κ1) is 57.9. The van der Waals surface area contributed by atoms with Crippen LogP contribution in [0.1, 0.15) is 66.8 Å². The SMILES string of the molecule is Cc1cccc(C)c1-c1cc(C)c(-n2ccnc2-c2[c-]cccc2)c(C)c1.Cc1cccc(C)c1-c1cc(C)c(-n2ccnc2-c2[c-]cccc2)c(C)c1.Cc1cccc(C)c1-c1cc(C)c(-n2ccnc2-c2[c-]cccc2)c(C)c1.[Ir+3]. The van der Waals surface area contributed by atoms with E-state index in [1.54, 1.807) is 0 Å². The standard InChI is InChI=1S/3C25H23N2.Ir/c3*1-17-9-8-10-18(2)23(17)22-15-19(3)24(20(4)16-22)27-14-13-26-25(27)21-11-6-5-7-12-21;/h3*5-11,13-16H,1-4H3;/q3*-1;+3. The molecule has 3 aromatic heterocycles. The maximum atomic E-state index is 4.59. The molecule has 0 amide bonds. The van der Waals surface area contributed by atoms with Gasteiger partial charge in [-0.3, -0.25) is 15.0 Å². The molecule has 0 N–H and O–H groups in total. The average molecular weight is 1250 g/mol. The molecule has 408 valence electrons. The van der Waals surface area contributed by atoms with E-state index in [2.05, 4.69) is 239 Å². The average Bonchev–Trinajstić information content (AvgIpc) is 4.42. The summed E-state index contributed by atoms with van der Waals surface area (Å²) < 4.78 is 6.51. The van der Waals surface area contributed by atoms with E-state index in [4.69, 9.17) is 0 Å². The van der Waals surface area contributed by atoms with Gasteiger partial charge in [-0.2, -0.15) is 0 Å². The Labute approximate surface area is 499 Å². The van der Waals surface area contributed by atoms with Crippen LogP contribution in [0.5, 0.6) is 0 Å². The van der Waals surface area contributed by atoms with E-state index in [0.29, 0.717) is 0 Å². The zero-order chi connectivity index (χ0) is 56.9. The second-order valence-electron chi connectivity index (χ2n) is 21.4. The summed E-state index contributed by atoms with van der Waals surface area (Å²) in [6, 6.07) is 67.0. The first-order valence-corrected chi connectivity index (χ1v) is 27.7. The monoisotopic (exact) mass is 1250 g/mol. The smallest absolute Gasteiger partial charge is 0.340 e. The Balaban J connectivity index is 0.000000147. The van der Waals surface area contributed by atoms with Gasteiger partial charge in [-0.25, -0.2) is 0 Å². The van der Waals surface area contributed by atoms with Crippen LogP contribution in [0.15, 0.2) is 201 Å². The minimum absolute atomic E-state index is 0. The Morgan fingerprint density at radius 2 is 0.512 bits per heavy atom. The van der Waals surface area contributed by atoms with Gasteiger partial charge in [0.05, 0.1) is 17.5 Å². The minimum atomic E-state index is 0. The summed E-state index contributed by atoms with van der Waals surface area (Å²) in [6.45, 7) is 26.2. The quantitative estimate of drug-likeness (QED) is 0.135. The molecular weight excluding hydrogens is 1180 g/mol. The number of rotatable bonds is 9. The molecule has 0 unspecified atom stereocenters. The van der Waals surface area contributed by atoms with Crippen molar-refractivity contribution in [2.45, 2.75) is 83.1 Å². The van der Waals surface area contributed by atoms with Gasteiger partial charge in [0, 0.05) is 54.2 Å². The van der Waals surface area contributed by atoms with Gasteiger partial charge in [0.25, 0.3) is 0 Å². The molecule has 0 atom stereocenters. The molecule has 3 heterocycles. The second-order valence-corrected chi connectivity index (χ2v) is 21.4. The Bertz CT molecular complexity index is 3620. The molecule has 9 aromatic carbocycles. The van der Waals surface area contributed by atoms with Crippen LogP contribution >= 0.6 is 0 Å². The van der Waals surface area contributed by atoms with Crippen molar-refractivity contribution < 1.29 is 20.1 Å². The molecule has 6 nitrogen and oxygen atoms in total. The fraction of sp³-hybridized carbons (Fsp3) is 0.160. The van der Waals surface area contributed by atoms with E-state index >= 15 is 0 Å². The fourth-order valence-electron chi connectivity index (χ4n) is 11.9. The van der Waals surface area contributed by atoms with Crippen molar-refractivity contribution in [2.75, 3.05) is 0 Å². The van der Waals surface area contributed by atoms with Crippen LogP contribution < -0.4 is 0 Å². The number of imidazole rings is 3. The van der Waals surface area contributed by atoms with Crippen molar-refractivity contribution in [3.63, 3.8) is 0 Å². The van der Waals surface area contributed by atoms with Crippen LogP contribution in [0.4, 0.5) is 0 Å². The zero-order valence-corrected chi connectivity index (χ0v) is 51.5. The van der Waals surface area contributed by atoms with Crippen LogP contribution in [0.3, 0.4) is 0 Å². The number of nitrogens with zero attached hydrogens (tertiary/aromatic N) is 6. The van der Waals surface area contributed by atoms with Crippen molar-refractivity contribution in [3.05, 3.63) is 286 Å². The van der Waals surface area contributed by atoms with Gasteiger partial charge in [0.15, 0.2) is 0 Å². The molecule has 0 bridgehead atoms. The normalized spacial score (nSPS) is 10.8. The number of hydrogen-bond acceptors (Lipinski definition) is 3. The molecule has 0 saturated heterocycles. The van der Waals surface area contributed by atoms with E-state index in [-0.39, 0.29) is 20.1 Å². The number of hydrogen-bond donors (Lipinski definition) is 0. The van der Waals surface area contributed by atoms with Crippen molar-refractivity contribution >= 4 is 0 Å². The first-order valence-electron chi connectivity index (χ1n) is 27.7. The van der Waals surface area contributed by atoms with E-state index in [9.17, 15) is 0 Å². The Morgan fingerprint density at radius 3 is 0.720 bits per heavy atom. The summed E-state index contributed by atoms with van der Waals surface area (Å²) in [7, 11) is 0. The topological polar surface area (TPSA) is 53.5 Å². The molecule has 12 aromatic rings. The Morgan fingerprint density at radius 1 is 0.280 bits per heavy atom. The summed E-state index contributed by atoms with van der Waals surface area (Å²) in [4.78, 5) is 13.8. The van der Waals surface area contributed by atoms with Crippen LogP contribution in [0.2, 0.25) is 0 Å². The molecule has 12 rings (SSSR count). The molecule has 7 heteroatoms. The minimum Gasteiger partial charge on any atom is -0.340 e. The number of aromatic nitrogens is 6. The third-order valence-electron chi connectivity index (χ3n) is 15.3. The van der Waals surface area contributed by atoms with Crippen molar-refractivity contribution in [2.24, 2.45) is 0 Å². The van der Waals surface area contributed by atoms with Crippen LogP contribution in [-0.4, -0.2) is 28.7 Å². The maximum Gasteiger partial charge on any atom is 3.00 e. The molecule has 0 saturated carbocycles. The van der Waals surface area contributed by atoms with E-state index in [1.807, 2.05) is 91.8 Å². The summed E-state index contributed by atoms with van der Waals surface area (Å²) in [5, 5.41) is 0. The third-order valence-corrected chi connectivity index (χ3v) is 15.3. The van der Waals surface area contributed by atoms with Crippen molar-refractivity contribution in [1.82, 2.24) is 28.7 Å². The molecule has 0 fully saturated rings. The van der Waals surface area contributed by atoms with E-state index in [0.717, 1.165) is 34.2 Å². The molecule has 0 aliphatic heterocycles. The van der Waals surface area contributed by atoms with Gasteiger partial charge in [0.2, 0.25) is 0 Å². The Kier molecular flexibility index (Phi) is 17.9. The fourth-order valence-corrected chi connectivity index (χ4v) is 11.9. The largest absolute Gasteiger partial charge is 3.00 e. The zero-order valence-electron chi connectivity index (χ0n) is 49.1. The molecular formula is C75H69IrN6. The van der Waals surface area contributed by atoms with Crippen molar-refractivity contribution in [1.29, 1.82) is 0 Å². The number of aryl methyl sites for hydroxylation is 12. The van der Waals surface area contributed by atoms with Crippen molar-refractivity contribution in [3.8, 4) is 84.6 Å².